The zero-order valence-electron chi connectivity index (χ0n) is 11.0. The summed E-state index contributed by atoms with van der Waals surface area (Å²) >= 11 is 3.33. The summed E-state index contributed by atoms with van der Waals surface area (Å²) in [6.07, 6.45) is 0. The summed E-state index contributed by atoms with van der Waals surface area (Å²) in [7, 11) is 0. The fourth-order valence-corrected chi connectivity index (χ4v) is 2.06. The number of benzene rings is 1. The molecule has 0 radical (unpaired) electrons. The highest BCUT2D eigenvalue weighted by molar-refractivity contribution is 9.10. The van der Waals surface area contributed by atoms with Crippen LogP contribution in [0.3, 0.4) is 0 Å². The predicted molar refractivity (Wildman–Crippen MR) is 77.3 cm³/mol. The number of nitrogens with one attached hydrogen (secondary N) is 2. The Labute approximate surface area is 120 Å². The van der Waals surface area contributed by atoms with Crippen LogP contribution >= 0.6 is 15.9 Å². The Bertz CT molecular complexity index is 489. The topological polar surface area (TPSA) is 78.4 Å². The van der Waals surface area contributed by atoms with E-state index in [1.165, 1.54) is 0 Å². The van der Waals surface area contributed by atoms with Gasteiger partial charge in [-0.3, -0.25) is 0 Å². The van der Waals surface area contributed by atoms with E-state index in [1.54, 1.807) is 26.0 Å². The molecule has 5 nitrogen and oxygen atoms in total. The molecular weight excluding hydrogens is 312 g/mol. The predicted octanol–water partition coefficient (Wildman–Crippen LogP) is 2.99. The summed E-state index contributed by atoms with van der Waals surface area (Å²) in [5.74, 6) is -1.23. The standard InChI is InChI=1S/C13H17BrN2O3/c1-7(2)11(12(17)18)16-13(19)15-10-5-4-9(14)6-8(10)3/h4-7,11H,1-3H3,(H,17,18)(H2,15,16,19). The lowest BCUT2D eigenvalue weighted by molar-refractivity contribution is -0.140. The van der Waals surface area contributed by atoms with E-state index in [0.717, 1.165) is 10.0 Å². The van der Waals surface area contributed by atoms with Crippen LogP contribution in [0.5, 0.6) is 0 Å². The maximum atomic E-state index is 11.8. The molecule has 0 saturated carbocycles. The van der Waals surface area contributed by atoms with Gasteiger partial charge in [0.05, 0.1) is 0 Å². The Morgan fingerprint density at radius 3 is 2.42 bits per heavy atom. The molecule has 0 aliphatic carbocycles. The maximum absolute atomic E-state index is 11.8. The van der Waals surface area contributed by atoms with Crippen molar-refractivity contribution in [2.75, 3.05) is 5.32 Å². The van der Waals surface area contributed by atoms with Crippen molar-refractivity contribution in [3.63, 3.8) is 0 Å². The van der Waals surface area contributed by atoms with Gasteiger partial charge in [-0.05, 0) is 36.6 Å². The SMILES string of the molecule is Cc1cc(Br)ccc1NC(=O)NC(C(=O)O)C(C)C. The molecule has 0 fully saturated rings. The molecule has 0 spiro atoms. The molecule has 1 rings (SSSR count). The number of urea groups is 1. The monoisotopic (exact) mass is 328 g/mol. The molecule has 0 aromatic heterocycles. The quantitative estimate of drug-likeness (QED) is 0.795. The lowest BCUT2D eigenvalue weighted by atomic mass is 10.1. The Kier molecular flexibility index (Phi) is 5.35. The van der Waals surface area contributed by atoms with Gasteiger partial charge in [0.2, 0.25) is 0 Å². The molecule has 6 heteroatoms. The van der Waals surface area contributed by atoms with Crippen LogP contribution in [0.4, 0.5) is 10.5 Å². The van der Waals surface area contributed by atoms with E-state index in [9.17, 15) is 9.59 Å². The zero-order chi connectivity index (χ0) is 14.6. The molecule has 0 aliphatic heterocycles. The number of hydrogen-bond acceptors (Lipinski definition) is 2. The molecule has 1 aromatic carbocycles. The van der Waals surface area contributed by atoms with Crippen LogP contribution in [0.1, 0.15) is 19.4 Å². The van der Waals surface area contributed by atoms with Gasteiger partial charge in [-0.2, -0.15) is 0 Å². The van der Waals surface area contributed by atoms with Gasteiger partial charge in [0.15, 0.2) is 0 Å². The van der Waals surface area contributed by atoms with Gasteiger partial charge < -0.3 is 15.7 Å². The number of aliphatic carboxylic acids is 1. The minimum absolute atomic E-state index is 0.186. The number of carbonyl (C=O) groups excluding carboxylic acids is 1. The summed E-state index contributed by atoms with van der Waals surface area (Å²) in [5, 5.41) is 14.1. The molecule has 1 aromatic rings. The van der Waals surface area contributed by atoms with Crippen molar-refractivity contribution in [2.24, 2.45) is 5.92 Å². The Morgan fingerprint density at radius 1 is 1.32 bits per heavy atom. The summed E-state index contributed by atoms with van der Waals surface area (Å²) in [5.41, 5.74) is 1.54. The molecule has 1 unspecified atom stereocenters. The maximum Gasteiger partial charge on any atom is 0.326 e. The average Bonchev–Trinajstić information content (AvgIpc) is 2.29. The second-order valence-corrected chi connectivity index (χ2v) is 5.53. The van der Waals surface area contributed by atoms with Gasteiger partial charge in [-0.15, -0.1) is 0 Å². The number of anilines is 1. The molecule has 19 heavy (non-hydrogen) atoms. The van der Waals surface area contributed by atoms with Gasteiger partial charge in [0.1, 0.15) is 6.04 Å². The van der Waals surface area contributed by atoms with Crippen molar-refractivity contribution in [3.05, 3.63) is 28.2 Å². The second-order valence-electron chi connectivity index (χ2n) is 4.62. The lowest BCUT2D eigenvalue weighted by Crippen LogP contribution is -2.46. The largest absolute Gasteiger partial charge is 0.480 e. The average molecular weight is 329 g/mol. The Balaban J connectivity index is 2.72. The number of rotatable bonds is 4. The van der Waals surface area contributed by atoms with Gasteiger partial charge in [-0.1, -0.05) is 29.8 Å². The van der Waals surface area contributed by atoms with E-state index in [1.807, 2.05) is 13.0 Å². The zero-order valence-corrected chi connectivity index (χ0v) is 12.6. The summed E-state index contributed by atoms with van der Waals surface area (Å²) in [4.78, 5) is 22.8. The normalized spacial score (nSPS) is 12.1. The van der Waals surface area contributed by atoms with E-state index in [2.05, 4.69) is 26.6 Å². The van der Waals surface area contributed by atoms with Gasteiger partial charge in [0.25, 0.3) is 0 Å². The minimum atomic E-state index is -1.04. The fourth-order valence-electron chi connectivity index (χ4n) is 1.58. The Hall–Kier alpha value is -1.56. The van der Waals surface area contributed by atoms with Crippen molar-refractivity contribution < 1.29 is 14.7 Å². The third kappa shape index (κ3) is 4.55. The summed E-state index contributed by atoms with van der Waals surface area (Å²) in [6.45, 7) is 5.34. The molecule has 1 atom stereocenters. The first-order valence-corrected chi connectivity index (χ1v) is 6.67. The highest BCUT2D eigenvalue weighted by atomic mass is 79.9. The van der Waals surface area contributed by atoms with Crippen LogP contribution in [-0.2, 0) is 4.79 Å². The van der Waals surface area contributed by atoms with E-state index >= 15 is 0 Å². The minimum Gasteiger partial charge on any atom is -0.480 e. The highest BCUT2D eigenvalue weighted by Gasteiger charge is 2.23. The number of halogens is 1. The van der Waals surface area contributed by atoms with E-state index in [0.29, 0.717) is 5.69 Å². The molecule has 2 amide bonds. The van der Waals surface area contributed by atoms with Crippen molar-refractivity contribution in [1.29, 1.82) is 0 Å². The number of carboxylic acid groups (broad SMARTS) is 1. The molecule has 0 heterocycles. The molecule has 0 bridgehead atoms. The molecule has 0 saturated heterocycles. The van der Waals surface area contributed by atoms with Crippen LogP contribution in [0.2, 0.25) is 0 Å². The van der Waals surface area contributed by atoms with E-state index in [4.69, 9.17) is 5.11 Å². The van der Waals surface area contributed by atoms with Crippen molar-refractivity contribution in [3.8, 4) is 0 Å². The number of aryl methyl sites for hydroxylation is 1. The van der Waals surface area contributed by atoms with Crippen LogP contribution in [0.15, 0.2) is 22.7 Å². The van der Waals surface area contributed by atoms with Gasteiger partial charge in [-0.25, -0.2) is 9.59 Å². The highest BCUT2D eigenvalue weighted by Crippen LogP contribution is 2.19. The van der Waals surface area contributed by atoms with Crippen LogP contribution < -0.4 is 10.6 Å². The third-order valence-electron chi connectivity index (χ3n) is 2.66. The molecule has 0 aliphatic rings. The van der Waals surface area contributed by atoms with E-state index < -0.39 is 18.0 Å². The second kappa shape index (κ2) is 6.56. The Morgan fingerprint density at radius 2 is 1.95 bits per heavy atom. The van der Waals surface area contributed by atoms with Crippen molar-refractivity contribution >= 4 is 33.6 Å². The first-order valence-electron chi connectivity index (χ1n) is 5.87. The summed E-state index contributed by atoms with van der Waals surface area (Å²) in [6, 6.07) is 4.00. The fraction of sp³-hybridized carbons (Fsp3) is 0.385. The van der Waals surface area contributed by atoms with Crippen LogP contribution in [0, 0.1) is 12.8 Å². The number of carboxylic acids is 1. The smallest absolute Gasteiger partial charge is 0.326 e. The van der Waals surface area contributed by atoms with Gasteiger partial charge >= 0.3 is 12.0 Å². The summed E-state index contributed by atoms with van der Waals surface area (Å²) < 4.78 is 0.918. The first kappa shape index (κ1) is 15.5. The van der Waals surface area contributed by atoms with E-state index in [-0.39, 0.29) is 5.92 Å². The van der Waals surface area contributed by atoms with Crippen LogP contribution in [0.25, 0.3) is 0 Å². The molecule has 3 N–H and O–H groups in total. The number of amides is 2. The van der Waals surface area contributed by atoms with Crippen LogP contribution in [-0.4, -0.2) is 23.1 Å². The number of carbonyl (C=O) groups is 2. The first-order chi connectivity index (χ1) is 8.81. The third-order valence-corrected chi connectivity index (χ3v) is 3.15. The molecule has 104 valence electrons. The van der Waals surface area contributed by atoms with Gasteiger partial charge in [0, 0.05) is 10.2 Å². The van der Waals surface area contributed by atoms with Crippen molar-refractivity contribution in [2.45, 2.75) is 26.8 Å². The lowest BCUT2D eigenvalue weighted by Gasteiger charge is -2.18. The van der Waals surface area contributed by atoms with Crippen molar-refractivity contribution in [1.82, 2.24) is 5.32 Å². The number of hydrogen-bond donors (Lipinski definition) is 3. The molecular formula is C13H17BrN2O3.